The molecule has 0 saturated heterocycles. The number of aryl methyl sites for hydroxylation is 1. The minimum atomic E-state index is -0.276. The Morgan fingerprint density at radius 1 is 1.25 bits per heavy atom. The zero-order chi connectivity index (χ0) is 22.2. The van der Waals surface area contributed by atoms with Crippen LogP contribution in [-0.4, -0.2) is 33.5 Å². The average Bonchev–Trinajstić information content (AvgIpc) is 3.44. The molecule has 4 aromatic rings. The van der Waals surface area contributed by atoms with Crippen LogP contribution in [0.2, 0.25) is 0 Å². The second-order valence-corrected chi connectivity index (χ2v) is 7.40. The van der Waals surface area contributed by atoms with Crippen molar-refractivity contribution in [1.82, 2.24) is 19.7 Å². The molecule has 0 amide bonds. The zero-order valence-corrected chi connectivity index (χ0v) is 17.5. The first kappa shape index (κ1) is 19.8. The maximum atomic E-state index is 14.5. The molecule has 1 aromatic carbocycles. The molecule has 8 nitrogen and oxygen atoms in total. The van der Waals surface area contributed by atoms with E-state index in [0.717, 1.165) is 33.3 Å². The van der Waals surface area contributed by atoms with Gasteiger partial charge < -0.3 is 14.8 Å². The topological polar surface area (TPSA) is 97.9 Å². The average molecular weight is 430 g/mol. The van der Waals surface area contributed by atoms with Gasteiger partial charge in [0.1, 0.15) is 23.5 Å². The number of aromatic nitrogens is 4. The summed E-state index contributed by atoms with van der Waals surface area (Å²) in [6.45, 7) is 0.816. The summed E-state index contributed by atoms with van der Waals surface area (Å²) in [7, 11) is 3.32. The van der Waals surface area contributed by atoms with Crippen LogP contribution in [0.5, 0.6) is 11.6 Å². The van der Waals surface area contributed by atoms with Gasteiger partial charge in [0.15, 0.2) is 5.69 Å². The fourth-order valence-electron chi connectivity index (χ4n) is 4.03. The van der Waals surface area contributed by atoms with Gasteiger partial charge in [-0.05, 0) is 12.1 Å². The van der Waals surface area contributed by atoms with Gasteiger partial charge in [-0.25, -0.2) is 14.4 Å². The van der Waals surface area contributed by atoms with Gasteiger partial charge in [-0.1, -0.05) is 0 Å². The summed E-state index contributed by atoms with van der Waals surface area (Å²) < 4.78 is 27.1. The predicted octanol–water partition coefficient (Wildman–Crippen LogP) is 3.60. The number of nitriles is 1. The number of ether oxygens (including phenoxy) is 2. The molecule has 0 bridgehead atoms. The smallest absolute Gasteiger partial charge is 0.213 e. The SMILES string of the molecule is COc1cc2c(-c3cc(C#N)nn3C)cnc(NCc3c(F)ccc4c3CCO4)c2cn1. The van der Waals surface area contributed by atoms with Gasteiger partial charge in [0.2, 0.25) is 5.88 Å². The Labute approximate surface area is 183 Å². The molecule has 0 unspecified atom stereocenters. The van der Waals surface area contributed by atoms with E-state index in [1.807, 2.05) is 6.07 Å². The highest BCUT2D eigenvalue weighted by molar-refractivity contribution is 6.01. The molecule has 160 valence electrons. The van der Waals surface area contributed by atoms with Crippen molar-refractivity contribution in [2.24, 2.45) is 7.05 Å². The van der Waals surface area contributed by atoms with Crippen LogP contribution in [0, 0.1) is 17.1 Å². The van der Waals surface area contributed by atoms with E-state index in [4.69, 9.17) is 9.47 Å². The first-order chi connectivity index (χ1) is 15.6. The van der Waals surface area contributed by atoms with Crippen LogP contribution >= 0.6 is 0 Å². The molecule has 1 aliphatic heterocycles. The molecule has 5 rings (SSSR count). The molecule has 9 heteroatoms. The highest BCUT2D eigenvalue weighted by Crippen LogP contribution is 2.35. The van der Waals surface area contributed by atoms with Crippen molar-refractivity contribution in [1.29, 1.82) is 5.26 Å². The van der Waals surface area contributed by atoms with Crippen LogP contribution in [0.4, 0.5) is 10.2 Å². The van der Waals surface area contributed by atoms with Gasteiger partial charge in [0.25, 0.3) is 0 Å². The summed E-state index contributed by atoms with van der Waals surface area (Å²) in [4.78, 5) is 8.91. The van der Waals surface area contributed by atoms with Gasteiger partial charge in [0.05, 0.1) is 19.4 Å². The fraction of sp³-hybridized carbons (Fsp3) is 0.217. The van der Waals surface area contributed by atoms with Crippen molar-refractivity contribution in [3.8, 4) is 29.0 Å². The number of nitrogens with zero attached hydrogens (tertiary/aromatic N) is 5. The molecule has 0 spiro atoms. The minimum absolute atomic E-state index is 0.260. The maximum absolute atomic E-state index is 14.5. The van der Waals surface area contributed by atoms with Gasteiger partial charge in [0, 0.05) is 72.0 Å². The number of methoxy groups -OCH3 is 1. The third-order valence-corrected chi connectivity index (χ3v) is 5.60. The molecule has 0 aliphatic carbocycles. The third-order valence-electron chi connectivity index (χ3n) is 5.60. The third kappa shape index (κ3) is 3.26. The molecule has 1 N–H and O–H groups in total. The summed E-state index contributed by atoms with van der Waals surface area (Å²) in [6.07, 6.45) is 4.05. The Morgan fingerprint density at radius 3 is 2.91 bits per heavy atom. The Hall–Kier alpha value is -4.19. The highest BCUT2D eigenvalue weighted by Gasteiger charge is 2.20. The zero-order valence-electron chi connectivity index (χ0n) is 17.5. The van der Waals surface area contributed by atoms with Crippen molar-refractivity contribution in [3.05, 3.63) is 59.3 Å². The fourth-order valence-corrected chi connectivity index (χ4v) is 4.03. The molecule has 0 atom stereocenters. The maximum Gasteiger partial charge on any atom is 0.213 e. The number of rotatable bonds is 5. The Morgan fingerprint density at radius 2 is 2.12 bits per heavy atom. The quantitative estimate of drug-likeness (QED) is 0.517. The van der Waals surface area contributed by atoms with Crippen molar-refractivity contribution < 1.29 is 13.9 Å². The molecule has 32 heavy (non-hydrogen) atoms. The lowest BCUT2D eigenvalue weighted by Gasteiger charge is -2.14. The van der Waals surface area contributed by atoms with E-state index in [-0.39, 0.29) is 12.4 Å². The minimum Gasteiger partial charge on any atom is -0.493 e. The number of nitrogens with one attached hydrogen (secondary N) is 1. The number of hydrogen-bond donors (Lipinski definition) is 1. The van der Waals surface area contributed by atoms with Crippen molar-refractivity contribution in [3.63, 3.8) is 0 Å². The van der Waals surface area contributed by atoms with Crippen LogP contribution in [-0.2, 0) is 20.0 Å². The highest BCUT2D eigenvalue weighted by atomic mass is 19.1. The summed E-state index contributed by atoms with van der Waals surface area (Å²) in [5, 5.41) is 18.2. The van der Waals surface area contributed by atoms with Gasteiger partial charge in [-0.3, -0.25) is 4.68 Å². The molecular formula is C23H19FN6O2. The van der Waals surface area contributed by atoms with E-state index in [2.05, 4.69) is 26.5 Å². The first-order valence-corrected chi connectivity index (χ1v) is 10.0. The van der Waals surface area contributed by atoms with E-state index < -0.39 is 0 Å². The standard InChI is InChI=1S/C23H19FN6O2/c1-30-20(7-13(9-25)29-30)17-11-28-23(18-12-26-22(31-2)8-15(17)18)27-10-16-14-5-6-32-21(14)4-3-19(16)24/h3-4,7-8,11-12H,5-6,10H2,1-2H3,(H,27,28). The van der Waals surface area contributed by atoms with Gasteiger partial charge in [-0.15, -0.1) is 0 Å². The monoisotopic (exact) mass is 430 g/mol. The van der Waals surface area contributed by atoms with E-state index in [0.29, 0.717) is 36.0 Å². The second kappa shape index (κ2) is 7.81. The van der Waals surface area contributed by atoms with Crippen LogP contribution < -0.4 is 14.8 Å². The molecule has 1 aliphatic rings. The Kier molecular flexibility index (Phi) is 4.82. The van der Waals surface area contributed by atoms with E-state index in [9.17, 15) is 9.65 Å². The number of anilines is 1. The van der Waals surface area contributed by atoms with Crippen LogP contribution in [0.25, 0.3) is 22.0 Å². The number of pyridine rings is 2. The number of benzene rings is 1. The van der Waals surface area contributed by atoms with Gasteiger partial charge in [-0.2, -0.15) is 10.4 Å². The van der Waals surface area contributed by atoms with Crippen LogP contribution in [0.1, 0.15) is 16.8 Å². The second-order valence-electron chi connectivity index (χ2n) is 7.40. The Bertz CT molecular complexity index is 1390. The lowest BCUT2D eigenvalue weighted by molar-refractivity contribution is 0.356. The summed E-state index contributed by atoms with van der Waals surface area (Å²) in [5.41, 5.74) is 3.29. The van der Waals surface area contributed by atoms with Crippen molar-refractivity contribution in [2.45, 2.75) is 13.0 Å². The molecule has 4 heterocycles. The summed E-state index contributed by atoms with van der Waals surface area (Å²) in [5.74, 6) is 1.47. The van der Waals surface area contributed by atoms with Crippen LogP contribution in [0.15, 0.2) is 36.7 Å². The molecule has 0 radical (unpaired) electrons. The normalized spacial score (nSPS) is 12.3. The molecule has 0 saturated carbocycles. The number of hydrogen-bond acceptors (Lipinski definition) is 7. The summed E-state index contributed by atoms with van der Waals surface area (Å²) in [6, 6.07) is 8.67. The van der Waals surface area contributed by atoms with E-state index >= 15 is 0 Å². The summed E-state index contributed by atoms with van der Waals surface area (Å²) >= 11 is 0. The molecular weight excluding hydrogens is 411 g/mol. The lowest BCUT2D eigenvalue weighted by atomic mass is 10.0. The van der Waals surface area contributed by atoms with Crippen molar-refractivity contribution in [2.75, 3.05) is 19.0 Å². The van der Waals surface area contributed by atoms with Crippen molar-refractivity contribution >= 4 is 16.6 Å². The predicted molar refractivity (Wildman–Crippen MR) is 116 cm³/mol. The largest absolute Gasteiger partial charge is 0.493 e. The van der Waals surface area contributed by atoms with E-state index in [1.165, 1.54) is 6.07 Å². The lowest BCUT2D eigenvalue weighted by Crippen LogP contribution is -2.07. The molecule has 0 fully saturated rings. The van der Waals surface area contributed by atoms with Gasteiger partial charge >= 0.3 is 0 Å². The number of halogens is 1. The Balaban J connectivity index is 1.58. The molecule has 3 aromatic heterocycles. The first-order valence-electron chi connectivity index (χ1n) is 10.0. The van der Waals surface area contributed by atoms with Crippen LogP contribution in [0.3, 0.4) is 0 Å². The number of fused-ring (bicyclic) bond motifs is 2. The van der Waals surface area contributed by atoms with E-state index in [1.54, 1.807) is 43.4 Å².